The maximum Gasteiger partial charge on any atom is 0.229 e. The first kappa shape index (κ1) is 9.58. The number of ether oxygens (including phenoxy) is 1. The molecule has 0 saturated carbocycles. The largest absolute Gasteiger partial charge is 0.504 e. The Morgan fingerprint density at radius 3 is 2.92 bits per heavy atom. The Hall–Kier alpha value is -1.51. The number of nitrogens with one attached hydrogen (secondary N) is 1. The molecule has 13 heavy (non-hydrogen) atoms. The van der Waals surface area contributed by atoms with Gasteiger partial charge in [-0.25, -0.2) is 0 Å². The molecule has 1 aliphatic rings. The molecule has 0 aromatic heterocycles. The van der Waals surface area contributed by atoms with Gasteiger partial charge in [-0.05, 0) is 13.0 Å². The van der Waals surface area contributed by atoms with E-state index in [1.807, 2.05) is 25.2 Å². The third-order valence-electron chi connectivity index (χ3n) is 1.69. The van der Waals surface area contributed by atoms with E-state index in [0.29, 0.717) is 6.42 Å². The molecule has 70 valence electrons. The third kappa shape index (κ3) is 2.47. The highest BCUT2D eigenvalue weighted by molar-refractivity contribution is 5.86. The van der Waals surface area contributed by atoms with Gasteiger partial charge in [0.1, 0.15) is 0 Å². The standard InChI is InChI=1S/C10H13NO2/c1-3-4-5-9-8(7-13-2)6-10(12)11-9/h3-5,7H,6H2,1-2H3,(H,11,12)/b4-3-,8-7+,9-5+. The summed E-state index contributed by atoms with van der Waals surface area (Å²) in [6.07, 6.45) is 7.63. The van der Waals surface area contributed by atoms with Gasteiger partial charge in [0.15, 0.2) is 0 Å². The molecule has 0 spiro atoms. The Kier molecular flexibility index (Phi) is 3.31. The van der Waals surface area contributed by atoms with Crippen molar-refractivity contribution in [1.29, 1.82) is 0 Å². The van der Waals surface area contributed by atoms with Gasteiger partial charge in [-0.3, -0.25) is 4.79 Å². The predicted octanol–water partition coefficient (Wildman–Crippen LogP) is 1.50. The van der Waals surface area contributed by atoms with E-state index in [0.717, 1.165) is 11.3 Å². The monoisotopic (exact) mass is 179 g/mol. The van der Waals surface area contributed by atoms with E-state index in [4.69, 9.17) is 4.74 Å². The van der Waals surface area contributed by atoms with E-state index in [1.54, 1.807) is 13.4 Å². The van der Waals surface area contributed by atoms with E-state index in [1.165, 1.54) is 0 Å². The second kappa shape index (κ2) is 4.50. The average Bonchev–Trinajstić information content (AvgIpc) is 2.44. The van der Waals surface area contributed by atoms with E-state index < -0.39 is 0 Å². The lowest BCUT2D eigenvalue weighted by Gasteiger charge is -1.97. The lowest BCUT2D eigenvalue weighted by molar-refractivity contribution is -0.118. The van der Waals surface area contributed by atoms with Gasteiger partial charge in [-0.2, -0.15) is 0 Å². The van der Waals surface area contributed by atoms with Crippen LogP contribution in [0.25, 0.3) is 0 Å². The van der Waals surface area contributed by atoms with Gasteiger partial charge >= 0.3 is 0 Å². The van der Waals surface area contributed by atoms with Crippen molar-refractivity contribution in [2.75, 3.05) is 7.11 Å². The topological polar surface area (TPSA) is 38.3 Å². The summed E-state index contributed by atoms with van der Waals surface area (Å²) < 4.78 is 4.87. The van der Waals surface area contributed by atoms with Crippen molar-refractivity contribution in [2.24, 2.45) is 0 Å². The molecular formula is C10H13NO2. The number of carbonyl (C=O) groups excluding carboxylic acids is 1. The molecule has 1 fully saturated rings. The Bertz CT molecular complexity index is 287. The summed E-state index contributed by atoms with van der Waals surface area (Å²) in [5.74, 6) is 0.0130. The number of rotatable bonds is 2. The van der Waals surface area contributed by atoms with Crippen molar-refractivity contribution in [3.05, 3.63) is 35.8 Å². The molecule has 1 amide bonds. The predicted molar refractivity (Wildman–Crippen MR) is 50.7 cm³/mol. The lowest BCUT2D eigenvalue weighted by Crippen LogP contribution is -2.11. The van der Waals surface area contributed by atoms with Crippen LogP contribution in [0.4, 0.5) is 0 Å². The lowest BCUT2D eigenvalue weighted by atomic mass is 10.2. The van der Waals surface area contributed by atoms with Crippen LogP contribution in [-0.4, -0.2) is 13.0 Å². The summed E-state index contributed by atoms with van der Waals surface area (Å²) in [4.78, 5) is 11.0. The molecule has 3 nitrogen and oxygen atoms in total. The molecule has 1 heterocycles. The summed E-state index contributed by atoms with van der Waals surface area (Å²) in [6, 6.07) is 0. The fourth-order valence-electron chi connectivity index (χ4n) is 1.13. The van der Waals surface area contributed by atoms with E-state index in [9.17, 15) is 4.79 Å². The van der Waals surface area contributed by atoms with Crippen LogP contribution in [0.2, 0.25) is 0 Å². The van der Waals surface area contributed by atoms with Crippen LogP contribution in [-0.2, 0) is 9.53 Å². The first-order valence-electron chi connectivity index (χ1n) is 4.13. The van der Waals surface area contributed by atoms with Crippen molar-refractivity contribution < 1.29 is 9.53 Å². The minimum absolute atomic E-state index is 0.0130. The van der Waals surface area contributed by atoms with Crippen molar-refractivity contribution in [2.45, 2.75) is 13.3 Å². The number of allylic oxidation sites excluding steroid dienone is 4. The Labute approximate surface area is 77.8 Å². The van der Waals surface area contributed by atoms with E-state index in [2.05, 4.69) is 5.32 Å². The molecule has 1 saturated heterocycles. The maximum absolute atomic E-state index is 11.0. The van der Waals surface area contributed by atoms with Crippen molar-refractivity contribution in [3.8, 4) is 0 Å². The molecule has 1 aliphatic heterocycles. The zero-order valence-corrected chi connectivity index (χ0v) is 7.83. The second-order valence-electron chi connectivity index (χ2n) is 2.71. The molecule has 0 aromatic carbocycles. The first-order chi connectivity index (χ1) is 6.27. The van der Waals surface area contributed by atoms with Gasteiger partial charge in [-0.15, -0.1) is 0 Å². The van der Waals surface area contributed by atoms with Gasteiger partial charge in [0.25, 0.3) is 0 Å². The average molecular weight is 179 g/mol. The molecular weight excluding hydrogens is 166 g/mol. The third-order valence-corrected chi connectivity index (χ3v) is 1.69. The number of methoxy groups -OCH3 is 1. The summed E-state index contributed by atoms with van der Waals surface area (Å²) in [5, 5.41) is 2.75. The van der Waals surface area contributed by atoms with Gasteiger partial charge in [0, 0.05) is 11.3 Å². The molecule has 3 heteroatoms. The van der Waals surface area contributed by atoms with Gasteiger partial charge in [-0.1, -0.05) is 12.2 Å². The molecule has 0 aliphatic carbocycles. The quantitative estimate of drug-likeness (QED) is 0.652. The summed E-state index contributed by atoms with van der Waals surface area (Å²) in [5.41, 5.74) is 1.72. The summed E-state index contributed by atoms with van der Waals surface area (Å²) in [7, 11) is 1.57. The SMILES string of the molecule is C\C=C/C=C1/NC(=O)C/C1=C\OC. The van der Waals surface area contributed by atoms with Crippen LogP contribution in [0.15, 0.2) is 35.8 Å². The highest BCUT2D eigenvalue weighted by atomic mass is 16.5. The number of hydrogen-bond acceptors (Lipinski definition) is 2. The van der Waals surface area contributed by atoms with Gasteiger partial charge in [0.2, 0.25) is 5.91 Å². The maximum atomic E-state index is 11.0. The zero-order chi connectivity index (χ0) is 9.68. The fraction of sp³-hybridized carbons (Fsp3) is 0.300. The second-order valence-corrected chi connectivity index (χ2v) is 2.71. The Morgan fingerprint density at radius 2 is 2.31 bits per heavy atom. The summed E-state index contributed by atoms with van der Waals surface area (Å²) >= 11 is 0. The van der Waals surface area contributed by atoms with Crippen LogP contribution in [0.3, 0.4) is 0 Å². The van der Waals surface area contributed by atoms with E-state index in [-0.39, 0.29) is 5.91 Å². The molecule has 0 radical (unpaired) electrons. The molecule has 1 rings (SSSR count). The smallest absolute Gasteiger partial charge is 0.229 e. The summed E-state index contributed by atoms with van der Waals surface area (Å²) in [6.45, 7) is 1.92. The molecule has 0 aromatic rings. The van der Waals surface area contributed by atoms with Gasteiger partial charge < -0.3 is 10.1 Å². The van der Waals surface area contributed by atoms with Crippen molar-refractivity contribution in [1.82, 2.24) is 5.32 Å². The number of carbonyl (C=O) groups is 1. The van der Waals surface area contributed by atoms with Crippen LogP contribution in [0.1, 0.15) is 13.3 Å². The fourth-order valence-corrected chi connectivity index (χ4v) is 1.13. The molecule has 0 unspecified atom stereocenters. The van der Waals surface area contributed by atoms with Crippen LogP contribution in [0.5, 0.6) is 0 Å². The molecule has 0 bridgehead atoms. The number of amides is 1. The Balaban J connectivity index is 2.83. The minimum atomic E-state index is 0.0130. The first-order valence-corrected chi connectivity index (χ1v) is 4.13. The van der Waals surface area contributed by atoms with Crippen molar-refractivity contribution in [3.63, 3.8) is 0 Å². The van der Waals surface area contributed by atoms with E-state index >= 15 is 0 Å². The molecule has 0 atom stereocenters. The minimum Gasteiger partial charge on any atom is -0.504 e. The highest BCUT2D eigenvalue weighted by Gasteiger charge is 2.19. The highest BCUT2D eigenvalue weighted by Crippen LogP contribution is 2.18. The normalized spacial score (nSPS) is 23.1. The van der Waals surface area contributed by atoms with Gasteiger partial charge in [0.05, 0.1) is 19.8 Å². The zero-order valence-electron chi connectivity index (χ0n) is 7.83. The van der Waals surface area contributed by atoms with Crippen LogP contribution in [0, 0.1) is 0 Å². The van der Waals surface area contributed by atoms with Crippen LogP contribution >= 0.6 is 0 Å². The van der Waals surface area contributed by atoms with Crippen LogP contribution < -0.4 is 5.32 Å². The number of hydrogen-bond donors (Lipinski definition) is 1. The molecule has 1 N–H and O–H groups in total. The van der Waals surface area contributed by atoms with Crippen molar-refractivity contribution >= 4 is 5.91 Å². The Morgan fingerprint density at radius 1 is 1.54 bits per heavy atom.